The van der Waals surface area contributed by atoms with E-state index >= 15 is 0 Å². The zero-order valence-corrected chi connectivity index (χ0v) is 17.4. The van der Waals surface area contributed by atoms with Gasteiger partial charge in [0, 0.05) is 18.1 Å². The Morgan fingerprint density at radius 2 is 1.75 bits per heavy atom. The van der Waals surface area contributed by atoms with E-state index in [1.165, 1.54) is 9.47 Å². The van der Waals surface area contributed by atoms with Crippen LogP contribution in [0.1, 0.15) is 33.3 Å². The van der Waals surface area contributed by atoms with Crippen molar-refractivity contribution >= 4 is 29.0 Å². The number of carbonyl (C=O) groups is 1. The summed E-state index contributed by atoms with van der Waals surface area (Å²) in [6, 6.07) is 6.95. The van der Waals surface area contributed by atoms with Crippen LogP contribution in [0.4, 0.5) is 11.5 Å². The molecule has 152 valence electrons. The van der Waals surface area contributed by atoms with Crippen molar-refractivity contribution in [2.45, 2.75) is 40.7 Å². The number of rotatable bonds is 7. The van der Waals surface area contributed by atoms with E-state index in [0.717, 1.165) is 5.56 Å². The summed E-state index contributed by atoms with van der Waals surface area (Å²) in [5.74, 6) is -0.0314. The van der Waals surface area contributed by atoms with Crippen molar-refractivity contribution < 1.29 is 4.79 Å². The number of halogens is 1. The van der Waals surface area contributed by atoms with Crippen LogP contribution in [-0.2, 0) is 17.8 Å². The molecule has 0 aliphatic carbocycles. The minimum Gasteiger partial charge on any atom is -0.383 e. The third-order valence-corrected chi connectivity index (χ3v) is 4.40. The number of hydrogen-bond acceptors (Lipinski definition) is 4. The Labute approximate surface area is 169 Å². The molecule has 8 heteroatoms. The van der Waals surface area contributed by atoms with Gasteiger partial charge in [-0.1, -0.05) is 51.4 Å². The van der Waals surface area contributed by atoms with Crippen molar-refractivity contribution in [1.82, 2.24) is 9.55 Å². The molecule has 1 aromatic carbocycles. The van der Waals surface area contributed by atoms with Crippen molar-refractivity contribution in [3.8, 4) is 0 Å². The van der Waals surface area contributed by atoms with E-state index < -0.39 is 11.2 Å². The Morgan fingerprint density at radius 1 is 1.14 bits per heavy atom. The van der Waals surface area contributed by atoms with Gasteiger partial charge < -0.3 is 10.6 Å². The second kappa shape index (κ2) is 9.10. The SMILES string of the molecule is CC(C)CN(C(=O)Cc1ccc(Cl)cc1)c1c(N)n(CC(C)C)c(=O)[nH]c1=O. The highest BCUT2D eigenvalue weighted by Crippen LogP contribution is 2.21. The molecule has 0 unspecified atom stereocenters. The third-order valence-electron chi connectivity index (χ3n) is 4.15. The summed E-state index contributed by atoms with van der Waals surface area (Å²) < 4.78 is 1.31. The highest BCUT2D eigenvalue weighted by Gasteiger charge is 2.25. The maximum absolute atomic E-state index is 13.1. The molecule has 0 atom stereocenters. The number of nitrogens with two attached hydrogens (primary N) is 1. The van der Waals surface area contributed by atoms with Crippen LogP contribution in [0.15, 0.2) is 33.9 Å². The summed E-state index contributed by atoms with van der Waals surface area (Å²) in [5.41, 5.74) is 5.75. The Hall–Kier alpha value is -2.54. The number of nitrogens with zero attached hydrogens (tertiary/aromatic N) is 2. The van der Waals surface area contributed by atoms with Gasteiger partial charge in [0.1, 0.15) is 5.82 Å². The Bertz CT molecular complexity index is 945. The molecule has 0 saturated carbocycles. The molecular weight excluding hydrogens is 380 g/mol. The fourth-order valence-electron chi connectivity index (χ4n) is 2.94. The maximum Gasteiger partial charge on any atom is 0.330 e. The van der Waals surface area contributed by atoms with Crippen molar-refractivity contribution in [3.63, 3.8) is 0 Å². The quantitative estimate of drug-likeness (QED) is 0.737. The number of aromatic amines is 1. The Balaban J connectivity index is 2.50. The lowest BCUT2D eigenvalue weighted by atomic mass is 10.1. The summed E-state index contributed by atoms with van der Waals surface area (Å²) >= 11 is 5.90. The molecule has 0 aliphatic heterocycles. The van der Waals surface area contributed by atoms with E-state index in [9.17, 15) is 14.4 Å². The molecule has 28 heavy (non-hydrogen) atoms. The number of carbonyl (C=O) groups excluding carboxylic acids is 1. The fourth-order valence-corrected chi connectivity index (χ4v) is 3.07. The summed E-state index contributed by atoms with van der Waals surface area (Å²) in [5, 5.41) is 0.580. The molecule has 0 bridgehead atoms. The van der Waals surface area contributed by atoms with Gasteiger partial charge in [-0.25, -0.2) is 4.79 Å². The minimum atomic E-state index is -0.660. The lowest BCUT2D eigenvalue weighted by molar-refractivity contribution is -0.118. The summed E-state index contributed by atoms with van der Waals surface area (Å²) in [7, 11) is 0. The molecule has 1 amide bonds. The van der Waals surface area contributed by atoms with Gasteiger partial charge in [-0.3, -0.25) is 19.1 Å². The first kappa shape index (κ1) is 21.8. The number of amides is 1. The lowest BCUT2D eigenvalue weighted by Crippen LogP contribution is -2.43. The van der Waals surface area contributed by atoms with Gasteiger partial charge in [-0.05, 0) is 29.5 Å². The van der Waals surface area contributed by atoms with Gasteiger partial charge in [0.2, 0.25) is 5.91 Å². The molecule has 0 spiro atoms. The van der Waals surface area contributed by atoms with Crippen LogP contribution in [0.5, 0.6) is 0 Å². The highest BCUT2D eigenvalue weighted by atomic mass is 35.5. The minimum absolute atomic E-state index is 0.00700. The van der Waals surface area contributed by atoms with Gasteiger partial charge in [0.05, 0.1) is 6.42 Å². The molecule has 0 aliphatic rings. The lowest BCUT2D eigenvalue weighted by Gasteiger charge is -2.26. The zero-order valence-electron chi connectivity index (χ0n) is 16.7. The zero-order chi connectivity index (χ0) is 21.0. The van der Waals surface area contributed by atoms with Gasteiger partial charge in [0.15, 0.2) is 5.69 Å². The van der Waals surface area contributed by atoms with E-state index in [-0.39, 0.29) is 35.7 Å². The number of nitrogens with one attached hydrogen (secondary N) is 1. The van der Waals surface area contributed by atoms with E-state index in [1.807, 2.05) is 27.7 Å². The summed E-state index contributed by atoms with van der Waals surface area (Å²) in [6.07, 6.45) is 0.0894. The molecule has 1 aromatic heterocycles. The van der Waals surface area contributed by atoms with E-state index in [4.69, 9.17) is 17.3 Å². The molecule has 0 radical (unpaired) electrons. The van der Waals surface area contributed by atoms with Crippen LogP contribution >= 0.6 is 11.6 Å². The molecule has 3 N–H and O–H groups in total. The average Bonchev–Trinajstić information content (AvgIpc) is 2.59. The van der Waals surface area contributed by atoms with Crippen LogP contribution in [0.3, 0.4) is 0 Å². The van der Waals surface area contributed by atoms with Gasteiger partial charge in [-0.15, -0.1) is 0 Å². The van der Waals surface area contributed by atoms with E-state index in [2.05, 4.69) is 4.98 Å². The summed E-state index contributed by atoms with van der Waals surface area (Å²) in [6.45, 7) is 8.41. The molecule has 0 fully saturated rings. The number of H-pyrrole nitrogens is 1. The maximum atomic E-state index is 13.1. The highest BCUT2D eigenvalue weighted by molar-refractivity contribution is 6.30. The van der Waals surface area contributed by atoms with Crippen molar-refractivity contribution in [3.05, 3.63) is 55.7 Å². The first-order valence-electron chi connectivity index (χ1n) is 9.27. The van der Waals surface area contributed by atoms with Crippen LogP contribution in [0.2, 0.25) is 5.02 Å². The first-order valence-corrected chi connectivity index (χ1v) is 9.65. The van der Waals surface area contributed by atoms with Crippen molar-refractivity contribution in [1.29, 1.82) is 0 Å². The van der Waals surface area contributed by atoms with Crippen LogP contribution < -0.4 is 21.9 Å². The van der Waals surface area contributed by atoms with Crippen LogP contribution in [-0.4, -0.2) is 22.0 Å². The first-order chi connectivity index (χ1) is 13.1. The standard InChI is InChI=1S/C20H27ClN4O3/c1-12(2)10-24(16(26)9-14-5-7-15(21)8-6-14)17-18(22)25(11-13(3)4)20(28)23-19(17)27/h5-8,12-13H,9-11,22H2,1-4H3,(H,23,27,28). The topological polar surface area (TPSA) is 101 Å². The largest absolute Gasteiger partial charge is 0.383 e. The van der Waals surface area contributed by atoms with Crippen LogP contribution in [0, 0.1) is 11.8 Å². The molecule has 7 nitrogen and oxygen atoms in total. The predicted octanol–water partition coefficient (Wildman–Crippen LogP) is 2.66. The number of aromatic nitrogens is 2. The van der Waals surface area contributed by atoms with Gasteiger partial charge >= 0.3 is 5.69 Å². The smallest absolute Gasteiger partial charge is 0.330 e. The predicted molar refractivity (Wildman–Crippen MR) is 113 cm³/mol. The molecule has 2 rings (SSSR count). The van der Waals surface area contributed by atoms with Crippen molar-refractivity contribution in [2.24, 2.45) is 11.8 Å². The molecule has 1 heterocycles. The van der Waals surface area contributed by atoms with Crippen molar-refractivity contribution in [2.75, 3.05) is 17.2 Å². The average molecular weight is 407 g/mol. The third kappa shape index (κ3) is 5.25. The number of anilines is 2. The Morgan fingerprint density at radius 3 is 2.29 bits per heavy atom. The van der Waals surface area contributed by atoms with E-state index in [0.29, 0.717) is 18.1 Å². The second-order valence-corrected chi connectivity index (χ2v) is 8.14. The molecular formula is C20H27ClN4O3. The normalized spacial score (nSPS) is 11.2. The summed E-state index contributed by atoms with van der Waals surface area (Å²) in [4.78, 5) is 41.5. The van der Waals surface area contributed by atoms with E-state index in [1.54, 1.807) is 24.3 Å². The fraction of sp³-hybridized carbons (Fsp3) is 0.450. The number of benzene rings is 1. The molecule has 0 saturated heterocycles. The second-order valence-electron chi connectivity index (χ2n) is 7.70. The van der Waals surface area contributed by atoms with Gasteiger partial charge in [0.25, 0.3) is 5.56 Å². The monoisotopic (exact) mass is 406 g/mol. The van der Waals surface area contributed by atoms with Crippen LogP contribution in [0.25, 0.3) is 0 Å². The van der Waals surface area contributed by atoms with Gasteiger partial charge in [-0.2, -0.15) is 0 Å². The molecule has 2 aromatic rings. The number of nitrogen functional groups attached to an aromatic ring is 1. The Kier molecular flexibility index (Phi) is 7.07. The number of hydrogen-bond donors (Lipinski definition) is 2.